The van der Waals surface area contributed by atoms with Gasteiger partial charge in [0.1, 0.15) is 5.76 Å². The lowest BCUT2D eigenvalue weighted by Crippen LogP contribution is -2.51. The van der Waals surface area contributed by atoms with Crippen LogP contribution >= 0.6 is 11.8 Å². The van der Waals surface area contributed by atoms with Gasteiger partial charge in [-0.3, -0.25) is 14.5 Å². The van der Waals surface area contributed by atoms with Crippen molar-refractivity contribution in [1.82, 2.24) is 15.0 Å². The number of amides is 2. The van der Waals surface area contributed by atoms with Crippen molar-refractivity contribution in [1.29, 1.82) is 0 Å². The van der Waals surface area contributed by atoms with E-state index < -0.39 is 0 Å². The Labute approximate surface area is 158 Å². The first-order valence-electron chi connectivity index (χ1n) is 9.40. The molecule has 1 saturated heterocycles. The quantitative estimate of drug-likeness (QED) is 0.815. The minimum Gasteiger partial charge on any atom is -0.360 e. The molecule has 8 heteroatoms. The number of thioether (sulfide) groups is 1. The summed E-state index contributed by atoms with van der Waals surface area (Å²) in [5, 5.41) is 6.13. The average Bonchev–Trinajstić information content (AvgIpc) is 3.31. The third-order valence-corrected chi connectivity index (χ3v) is 6.34. The number of piperazine rings is 1. The maximum absolute atomic E-state index is 12.4. The number of hydrogen-bond donors (Lipinski definition) is 1. The molecule has 1 aromatic heterocycles. The molecule has 0 spiro atoms. The fourth-order valence-electron chi connectivity index (χ4n) is 3.62. The molecule has 1 aromatic rings. The standard InChI is InChI=1S/C18H28N4O3S/c1-13-11-16(20-25-13)19-18(24)14(2)26-12-17(23)22-9-7-21(8-10-22)15-5-3-4-6-15/h11,14-15H,3-10,12H2,1-2H3,(H,19,20,24). The summed E-state index contributed by atoms with van der Waals surface area (Å²) in [6.07, 6.45) is 5.30. The Kier molecular flexibility index (Phi) is 6.58. The van der Waals surface area contributed by atoms with E-state index in [1.807, 2.05) is 4.90 Å². The van der Waals surface area contributed by atoms with Crippen LogP contribution in [0.2, 0.25) is 0 Å². The number of nitrogens with one attached hydrogen (secondary N) is 1. The molecule has 1 N–H and O–H groups in total. The molecular formula is C18H28N4O3S. The Balaban J connectivity index is 1.37. The molecule has 1 aliphatic carbocycles. The van der Waals surface area contributed by atoms with E-state index in [-0.39, 0.29) is 17.1 Å². The molecule has 1 unspecified atom stereocenters. The topological polar surface area (TPSA) is 78.7 Å². The first-order chi connectivity index (χ1) is 12.5. The van der Waals surface area contributed by atoms with E-state index in [0.29, 0.717) is 17.3 Å². The van der Waals surface area contributed by atoms with Gasteiger partial charge in [-0.1, -0.05) is 18.0 Å². The summed E-state index contributed by atoms with van der Waals surface area (Å²) in [6.45, 7) is 7.12. The second-order valence-electron chi connectivity index (χ2n) is 7.12. The molecular weight excluding hydrogens is 352 g/mol. The van der Waals surface area contributed by atoms with Gasteiger partial charge in [-0.05, 0) is 26.7 Å². The molecule has 0 aromatic carbocycles. The first kappa shape index (κ1) is 19.2. The van der Waals surface area contributed by atoms with Crippen LogP contribution in [0.4, 0.5) is 5.82 Å². The summed E-state index contributed by atoms with van der Waals surface area (Å²) in [5.74, 6) is 1.34. The number of aryl methyl sites for hydroxylation is 1. The normalized spacial score (nSPS) is 20.3. The first-order valence-corrected chi connectivity index (χ1v) is 10.5. The third kappa shape index (κ3) is 5.01. The molecule has 2 heterocycles. The minimum atomic E-state index is -0.323. The number of carbonyl (C=O) groups is 2. The molecule has 1 saturated carbocycles. The Morgan fingerprint density at radius 1 is 1.31 bits per heavy atom. The number of aromatic nitrogens is 1. The Bertz CT molecular complexity index is 622. The zero-order valence-corrected chi connectivity index (χ0v) is 16.4. The highest BCUT2D eigenvalue weighted by Gasteiger charge is 2.28. The fourth-order valence-corrected chi connectivity index (χ4v) is 4.41. The van der Waals surface area contributed by atoms with Gasteiger partial charge in [-0.2, -0.15) is 0 Å². The van der Waals surface area contributed by atoms with Crippen molar-refractivity contribution in [2.45, 2.75) is 50.8 Å². The minimum absolute atomic E-state index is 0.123. The smallest absolute Gasteiger partial charge is 0.238 e. The van der Waals surface area contributed by atoms with E-state index in [1.54, 1.807) is 19.9 Å². The van der Waals surface area contributed by atoms with E-state index >= 15 is 0 Å². The van der Waals surface area contributed by atoms with E-state index in [1.165, 1.54) is 37.4 Å². The number of carbonyl (C=O) groups excluding carboxylic acids is 2. The van der Waals surface area contributed by atoms with Gasteiger partial charge in [0.2, 0.25) is 11.8 Å². The van der Waals surface area contributed by atoms with E-state index in [2.05, 4.69) is 15.4 Å². The predicted molar refractivity (Wildman–Crippen MR) is 102 cm³/mol. The molecule has 0 radical (unpaired) electrons. The van der Waals surface area contributed by atoms with Crippen molar-refractivity contribution in [2.75, 3.05) is 37.2 Å². The molecule has 1 atom stereocenters. The summed E-state index contributed by atoms with van der Waals surface area (Å²) in [5.41, 5.74) is 0. The number of hydrogen-bond acceptors (Lipinski definition) is 6. The molecule has 2 aliphatic rings. The van der Waals surface area contributed by atoms with Crippen LogP contribution in [0.3, 0.4) is 0 Å². The highest BCUT2D eigenvalue weighted by atomic mass is 32.2. The average molecular weight is 381 g/mol. The lowest BCUT2D eigenvalue weighted by Gasteiger charge is -2.38. The molecule has 2 fully saturated rings. The van der Waals surface area contributed by atoms with E-state index in [0.717, 1.165) is 32.2 Å². The van der Waals surface area contributed by atoms with Gasteiger partial charge in [0, 0.05) is 38.3 Å². The van der Waals surface area contributed by atoms with Crippen LogP contribution in [0, 0.1) is 6.92 Å². The summed E-state index contributed by atoms with van der Waals surface area (Å²) in [6, 6.07) is 2.40. The van der Waals surface area contributed by atoms with Crippen molar-refractivity contribution >= 4 is 29.4 Å². The van der Waals surface area contributed by atoms with Crippen LogP contribution in [-0.2, 0) is 9.59 Å². The maximum atomic E-state index is 12.4. The Hall–Kier alpha value is -1.54. The SMILES string of the molecule is Cc1cc(NC(=O)C(C)SCC(=O)N2CCN(C3CCCC3)CC2)no1. The van der Waals surface area contributed by atoms with Crippen LogP contribution in [0.5, 0.6) is 0 Å². The predicted octanol–water partition coefficient (Wildman–Crippen LogP) is 2.13. The summed E-state index contributed by atoms with van der Waals surface area (Å²) in [7, 11) is 0. The molecule has 0 bridgehead atoms. The van der Waals surface area contributed by atoms with Gasteiger partial charge in [0.05, 0.1) is 11.0 Å². The monoisotopic (exact) mass is 380 g/mol. The molecule has 1 aliphatic heterocycles. The van der Waals surface area contributed by atoms with E-state index in [9.17, 15) is 9.59 Å². The van der Waals surface area contributed by atoms with Gasteiger partial charge < -0.3 is 14.7 Å². The fraction of sp³-hybridized carbons (Fsp3) is 0.722. The molecule has 26 heavy (non-hydrogen) atoms. The van der Waals surface area contributed by atoms with Crippen molar-refractivity contribution in [3.63, 3.8) is 0 Å². The highest BCUT2D eigenvalue weighted by molar-refractivity contribution is 8.01. The largest absolute Gasteiger partial charge is 0.360 e. The van der Waals surface area contributed by atoms with Crippen LogP contribution in [0.1, 0.15) is 38.4 Å². The van der Waals surface area contributed by atoms with Crippen LogP contribution in [0.25, 0.3) is 0 Å². The Morgan fingerprint density at radius 2 is 2.00 bits per heavy atom. The zero-order chi connectivity index (χ0) is 18.5. The maximum Gasteiger partial charge on any atom is 0.238 e. The molecule has 7 nitrogen and oxygen atoms in total. The number of anilines is 1. The van der Waals surface area contributed by atoms with Crippen molar-refractivity contribution in [2.24, 2.45) is 0 Å². The molecule has 3 rings (SSSR count). The second-order valence-corrected chi connectivity index (χ2v) is 8.45. The third-order valence-electron chi connectivity index (χ3n) is 5.21. The lowest BCUT2D eigenvalue weighted by atomic mass is 10.2. The van der Waals surface area contributed by atoms with Gasteiger partial charge in [0.25, 0.3) is 0 Å². The van der Waals surface area contributed by atoms with Crippen LogP contribution in [0.15, 0.2) is 10.6 Å². The second kappa shape index (κ2) is 8.90. The van der Waals surface area contributed by atoms with Gasteiger partial charge in [0.15, 0.2) is 5.82 Å². The molecule has 2 amide bonds. The number of nitrogens with zero attached hydrogens (tertiary/aromatic N) is 3. The summed E-state index contributed by atoms with van der Waals surface area (Å²) >= 11 is 1.36. The molecule has 144 valence electrons. The van der Waals surface area contributed by atoms with Gasteiger partial charge >= 0.3 is 0 Å². The van der Waals surface area contributed by atoms with E-state index in [4.69, 9.17) is 4.52 Å². The Morgan fingerprint density at radius 3 is 2.62 bits per heavy atom. The lowest BCUT2D eigenvalue weighted by molar-refractivity contribution is -0.130. The van der Waals surface area contributed by atoms with Crippen LogP contribution in [-0.4, -0.2) is 70.0 Å². The summed E-state index contributed by atoms with van der Waals surface area (Å²) < 4.78 is 4.93. The van der Waals surface area contributed by atoms with Gasteiger partial charge in [-0.25, -0.2) is 0 Å². The van der Waals surface area contributed by atoms with Crippen LogP contribution < -0.4 is 5.32 Å². The zero-order valence-electron chi connectivity index (χ0n) is 15.6. The van der Waals surface area contributed by atoms with Crippen molar-refractivity contribution in [3.8, 4) is 0 Å². The van der Waals surface area contributed by atoms with Crippen molar-refractivity contribution in [3.05, 3.63) is 11.8 Å². The number of rotatable bonds is 6. The van der Waals surface area contributed by atoms with Gasteiger partial charge in [-0.15, -0.1) is 11.8 Å². The summed E-state index contributed by atoms with van der Waals surface area (Å²) in [4.78, 5) is 29.1. The van der Waals surface area contributed by atoms with Crippen molar-refractivity contribution < 1.29 is 14.1 Å². The highest BCUT2D eigenvalue weighted by Crippen LogP contribution is 2.24.